The first-order valence-electron chi connectivity index (χ1n) is 6.26. The quantitative estimate of drug-likeness (QED) is 0.852. The van der Waals surface area contributed by atoms with Crippen LogP contribution in [-0.4, -0.2) is 17.6 Å². The van der Waals surface area contributed by atoms with E-state index >= 15 is 0 Å². The van der Waals surface area contributed by atoms with E-state index in [1.54, 1.807) is 0 Å². The van der Waals surface area contributed by atoms with Crippen LogP contribution in [0, 0.1) is 18.8 Å². The normalized spacial score (nSPS) is 9.70. The second-order valence-electron chi connectivity index (χ2n) is 4.21. The molecule has 0 unspecified atom stereocenters. The van der Waals surface area contributed by atoms with Crippen LogP contribution >= 0.6 is 11.3 Å². The Labute approximate surface area is 122 Å². The smallest absolute Gasteiger partial charge is 0.267 e. The summed E-state index contributed by atoms with van der Waals surface area (Å²) < 4.78 is 0. The largest absolute Gasteiger partial charge is 0.395 e. The lowest BCUT2D eigenvalue weighted by molar-refractivity contribution is 0.103. The maximum atomic E-state index is 12.3. The predicted molar refractivity (Wildman–Crippen MR) is 82.0 cm³/mol. The summed E-state index contributed by atoms with van der Waals surface area (Å²) >= 11 is 1.36. The Bertz CT molecular complexity index is 664. The number of para-hydroxylation sites is 1. The van der Waals surface area contributed by atoms with Crippen LogP contribution in [0.1, 0.15) is 27.2 Å². The molecule has 0 spiro atoms. The summed E-state index contributed by atoms with van der Waals surface area (Å²) in [5.74, 6) is 5.60. The number of hydrogen-bond acceptors (Lipinski definition) is 3. The van der Waals surface area contributed by atoms with E-state index in [4.69, 9.17) is 5.11 Å². The molecule has 4 heteroatoms. The fourth-order valence-corrected chi connectivity index (χ4v) is 2.43. The lowest BCUT2D eigenvalue weighted by Gasteiger charge is -2.07. The summed E-state index contributed by atoms with van der Waals surface area (Å²) in [6.07, 6.45) is 0.411. The van der Waals surface area contributed by atoms with Crippen molar-refractivity contribution in [1.82, 2.24) is 0 Å². The van der Waals surface area contributed by atoms with Crippen molar-refractivity contribution in [3.8, 4) is 11.8 Å². The molecule has 0 atom stereocenters. The van der Waals surface area contributed by atoms with E-state index in [1.807, 2.05) is 42.6 Å². The molecule has 0 fully saturated rings. The molecule has 2 rings (SSSR count). The van der Waals surface area contributed by atoms with Crippen molar-refractivity contribution in [2.75, 3.05) is 11.9 Å². The molecule has 1 heterocycles. The van der Waals surface area contributed by atoms with Gasteiger partial charge in [-0.15, -0.1) is 11.3 Å². The van der Waals surface area contributed by atoms with Crippen LogP contribution in [0.2, 0.25) is 0 Å². The minimum absolute atomic E-state index is 0.0296. The summed E-state index contributed by atoms with van der Waals surface area (Å²) in [7, 11) is 0. The highest BCUT2D eigenvalue weighted by molar-refractivity contribution is 7.12. The molecule has 0 saturated carbocycles. The van der Waals surface area contributed by atoms with E-state index in [0.717, 1.165) is 11.3 Å². The van der Waals surface area contributed by atoms with Crippen molar-refractivity contribution in [1.29, 1.82) is 0 Å². The molecule has 1 aromatic heterocycles. The van der Waals surface area contributed by atoms with Crippen molar-refractivity contribution in [3.63, 3.8) is 0 Å². The van der Waals surface area contributed by atoms with Gasteiger partial charge in [0.25, 0.3) is 5.91 Å². The SMILES string of the molecule is Cc1ccccc1NC(=O)c1sccc1C#CCCO. The molecule has 2 aromatic rings. The van der Waals surface area contributed by atoms with Crippen LogP contribution in [0.15, 0.2) is 35.7 Å². The van der Waals surface area contributed by atoms with Crippen LogP contribution < -0.4 is 5.32 Å². The van der Waals surface area contributed by atoms with Crippen molar-refractivity contribution < 1.29 is 9.90 Å². The van der Waals surface area contributed by atoms with Gasteiger partial charge in [0, 0.05) is 17.7 Å². The molecular formula is C16H15NO2S. The van der Waals surface area contributed by atoms with Gasteiger partial charge >= 0.3 is 0 Å². The van der Waals surface area contributed by atoms with Gasteiger partial charge in [-0.05, 0) is 30.0 Å². The number of aliphatic hydroxyl groups excluding tert-OH is 1. The molecule has 3 nitrogen and oxygen atoms in total. The van der Waals surface area contributed by atoms with E-state index < -0.39 is 0 Å². The van der Waals surface area contributed by atoms with Gasteiger partial charge in [0.05, 0.1) is 6.61 Å². The van der Waals surface area contributed by atoms with Gasteiger partial charge in [0.1, 0.15) is 4.88 Å². The zero-order valence-corrected chi connectivity index (χ0v) is 12.0. The van der Waals surface area contributed by atoms with Gasteiger partial charge in [-0.2, -0.15) is 0 Å². The Morgan fingerprint density at radius 2 is 2.15 bits per heavy atom. The number of aliphatic hydroxyl groups is 1. The van der Waals surface area contributed by atoms with Crippen LogP contribution in [-0.2, 0) is 0 Å². The zero-order valence-electron chi connectivity index (χ0n) is 11.1. The lowest BCUT2D eigenvalue weighted by Crippen LogP contribution is -2.12. The van der Waals surface area contributed by atoms with Crippen molar-refractivity contribution in [2.45, 2.75) is 13.3 Å². The molecule has 0 bridgehead atoms. The third-order valence-electron chi connectivity index (χ3n) is 2.72. The predicted octanol–water partition coefficient (Wildman–Crippen LogP) is 3.04. The van der Waals surface area contributed by atoms with E-state index in [2.05, 4.69) is 17.2 Å². The zero-order chi connectivity index (χ0) is 14.4. The molecule has 0 aliphatic carbocycles. The first-order chi connectivity index (χ1) is 9.72. The molecule has 0 saturated heterocycles. The summed E-state index contributed by atoms with van der Waals surface area (Å²) in [6.45, 7) is 1.98. The molecule has 2 N–H and O–H groups in total. The molecule has 1 aromatic carbocycles. The first kappa shape index (κ1) is 14.3. The second kappa shape index (κ2) is 6.90. The second-order valence-corrected chi connectivity index (χ2v) is 5.12. The monoisotopic (exact) mass is 285 g/mol. The average Bonchev–Trinajstić information content (AvgIpc) is 2.90. The fraction of sp³-hybridized carbons (Fsp3) is 0.188. The average molecular weight is 285 g/mol. The van der Waals surface area contributed by atoms with Gasteiger partial charge in [-0.3, -0.25) is 4.79 Å². The maximum absolute atomic E-state index is 12.3. The highest BCUT2D eigenvalue weighted by Gasteiger charge is 2.12. The number of anilines is 1. The fourth-order valence-electron chi connectivity index (χ4n) is 1.69. The number of amides is 1. The summed E-state index contributed by atoms with van der Waals surface area (Å²) in [5.41, 5.74) is 2.53. The molecule has 0 radical (unpaired) electrons. The Hall–Kier alpha value is -2.09. The van der Waals surface area contributed by atoms with Gasteiger partial charge in [0.2, 0.25) is 0 Å². The Balaban J connectivity index is 2.17. The summed E-state index contributed by atoms with van der Waals surface area (Å²) in [4.78, 5) is 12.9. The molecule has 0 aliphatic heterocycles. The van der Waals surface area contributed by atoms with Crippen LogP contribution in [0.25, 0.3) is 0 Å². The van der Waals surface area contributed by atoms with Crippen LogP contribution in [0.4, 0.5) is 5.69 Å². The Kier molecular flexibility index (Phi) is 4.94. The number of carbonyl (C=O) groups is 1. The highest BCUT2D eigenvalue weighted by atomic mass is 32.1. The number of benzene rings is 1. The van der Waals surface area contributed by atoms with Crippen LogP contribution in [0.5, 0.6) is 0 Å². The number of rotatable bonds is 3. The Morgan fingerprint density at radius 3 is 2.90 bits per heavy atom. The summed E-state index contributed by atoms with van der Waals surface area (Å²) in [5, 5.41) is 13.5. The van der Waals surface area contributed by atoms with E-state index in [0.29, 0.717) is 16.9 Å². The Morgan fingerprint density at radius 1 is 1.35 bits per heavy atom. The van der Waals surface area contributed by atoms with E-state index in [-0.39, 0.29) is 12.5 Å². The topological polar surface area (TPSA) is 49.3 Å². The number of nitrogens with one attached hydrogen (secondary N) is 1. The van der Waals surface area contributed by atoms with Crippen molar-refractivity contribution in [2.24, 2.45) is 0 Å². The number of hydrogen-bond donors (Lipinski definition) is 2. The number of thiophene rings is 1. The molecule has 20 heavy (non-hydrogen) atoms. The third kappa shape index (κ3) is 3.47. The van der Waals surface area contributed by atoms with Gasteiger partial charge < -0.3 is 10.4 Å². The third-order valence-corrected chi connectivity index (χ3v) is 3.64. The minimum atomic E-state index is -0.150. The van der Waals surface area contributed by atoms with Crippen molar-refractivity contribution >= 4 is 22.9 Å². The molecule has 102 valence electrons. The van der Waals surface area contributed by atoms with Crippen LogP contribution in [0.3, 0.4) is 0 Å². The lowest BCUT2D eigenvalue weighted by atomic mass is 10.2. The maximum Gasteiger partial charge on any atom is 0.267 e. The van der Waals surface area contributed by atoms with E-state index in [9.17, 15) is 4.79 Å². The highest BCUT2D eigenvalue weighted by Crippen LogP contribution is 2.20. The molecular weight excluding hydrogens is 270 g/mol. The number of aryl methyl sites for hydroxylation is 1. The summed E-state index contributed by atoms with van der Waals surface area (Å²) in [6, 6.07) is 9.46. The molecule has 0 aliphatic rings. The molecule has 1 amide bonds. The first-order valence-corrected chi connectivity index (χ1v) is 7.14. The number of carbonyl (C=O) groups excluding carboxylic acids is 1. The van der Waals surface area contributed by atoms with E-state index in [1.165, 1.54) is 11.3 Å². The standard InChI is InChI=1S/C16H15NO2S/c1-12-6-2-3-8-14(12)17-16(19)15-13(9-11-20-15)7-4-5-10-18/h2-3,6,8-9,11,18H,5,10H2,1H3,(H,17,19). The van der Waals surface area contributed by atoms with Gasteiger partial charge in [-0.25, -0.2) is 0 Å². The van der Waals surface area contributed by atoms with Gasteiger partial charge in [-0.1, -0.05) is 30.0 Å². The van der Waals surface area contributed by atoms with Gasteiger partial charge in [0.15, 0.2) is 0 Å². The van der Waals surface area contributed by atoms with Crippen molar-refractivity contribution in [3.05, 3.63) is 51.7 Å². The minimum Gasteiger partial charge on any atom is -0.395 e.